The van der Waals surface area contributed by atoms with Gasteiger partial charge in [-0.25, -0.2) is 0 Å². The lowest BCUT2D eigenvalue weighted by molar-refractivity contribution is -0.137. The molecule has 1 aromatic carbocycles. The lowest BCUT2D eigenvalue weighted by atomic mass is 10.1. The molecule has 0 saturated carbocycles. The van der Waals surface area contributed by atoms with Gasteiger partial charge in [0.25, 0.3) is 0 Å². The number of benzene rings is 1. The summed E-state index contributed by atoms with van der Waals surface area (Å²) in [5.41, 5.74) is 5.55. The minimum absolute atomic E-state index is 0.0578. The summed E-state index contributed by atoms with van der Waals surface area (Å²) in [4.78, 5) is 25.2. The molecule has 134 valence electrons. The van der Waals surface area contributed by atoms with E-state index in [1.807, 2.05) is 4.90 Å². The number of allylic oxidation sites excluding steroid dienone is 1. The number of Topliss-reactive ketones (excluding diaryl/α,β-unsaturated/α-hetero) is 1. The quantitative estimate of drug-likeness (QED) is 0.619. The number of nitrogens with zero attached hydrogens (tertiary/aromatic N) is 1. The molecule has 0 unspecified atom stereocenters. The van der Waals surface area contributed by atoms with Crippen LogP contribution in [0, 0.1) is 0 Å². The van der Waals surface area contributed by atoms with Crippen molar-refractivity contribution in [2.45, 2.75) is 25.1 Å². The van der Waals surface area contributed by atoms with Crippen molar-refractivity contribution in [3.05, 3.63) is 33.2 Å². The van der Waals surface area contributed by atoms with E-state index in [4.69, 9.17) is 17.3 Å². The Morgan fingerprint density at radius 2 is 2.04 bits per heavy atom. The first-order valence-corrected chi connectivity index (χ1v) is 8.71. The van der Waals surface area contributed by atoms with Gasteiger partial charge in [0.2, 0.25) is 5.12 Å². The summed E-state index contributed by atoms with van der Waals surface area (Å²) in [7, 11) is 0. The summed E-state index contributed by atoms with van der Waals surface area (Å²) in [6.07, 6.45) is -2.80. The van der Waals surface area contributed by atoms with Crippen molar-refractivity contribution < 1.29 is 22.8 Å². The van der Waals surface area contributed by atoms with Gasteiger partial charge in [0.1, 0.15) is 0 Å². The molecule has 2 aliphatic rings. The standard InChI is InChI=1S/C16H14ClF3N2O2S/c17-11-5-9(16(18,19)20)3-8(4-13-12(23)6-14(24)25-13)15(11)22-2-1-10(21)7-22/h3-5,10H,1-2,6-7,21H2/b13-4-/t10-/m0/s1. The van der Waals surface area contributed by atoms with E-state index in [1.54, 1.807) is 0 Å². The summed E-state index contributed by atoms with van der Waals surface area (Å²) in [5, 5.41) is -0.378. The Kier molecular flexibility index (Phi) is 4.87. The molecule has 9 heteroatoms. The molecular weight excluding hydrogens is 377 g/mol. The molecule has 2 heterocycles. The van der Waals surface area contributed by atoms with Crippen molar-refractivity contribution in [1.82, 2.24) is 0 Å². The van der Waals surface area contributed by atoms with E-state index in [2.05, 4.69) is 0 Å². The first-order chi connectivity index (χ1) is 11.6. The van der Waals surface area contributed by atoms with Crippen LogP contribution in [0.4, 0.5) is 18.9 Å². The predicted octanol–water partition coefficient (Wildman–Crippen LogP) is 3.47. The van der Waals surface area contributed by atoms with Gasteiger partial charge in [-0.2, -0.15) is 13.2 Å². The molecule has 0 bridgehead atoms. The van der Waals surface area contributed by atoms with Gasteiger partial charge >= 0.3 is 6.18 Å². The largest absolute Gasteiger partial charge is 0.416 e. The molecule has 4 nitrogen and oxygen atoms in total. The molecule has 2 aliphatic heterocycles. The highest BCUT2D eigenvalue weighted by Crippen LogP contribution is 2.41. The molecule has 2 fully saturated rings. The fraction of sp³-hybridized carbons (Fsp3) is 0.375. The molecule has 25 heavy (non-hydrogen) atoms. The van der Waals surface area contributed by atoms with E-state index in [0.29, 0.717) is 25.2 Å². The number of anilines is 1. The first kappa shape index (κ1) is 18.3. The normalized spacial score (nSPS) is 23.2. The third-order valence-corrected chi connectivity index (χ3v) is 5.28. The maximum absolute atomic E-state index is 13.1. The summed E-state index contributed by atoms with van der Waals surface area (Å²) < 4.78 is 39.4. The number of hydrogen-bond donors (Lipinski definition) is 1. The molecule has 1 aromatic rings. The zero-order valence-corrected chi connectivity index (χ0v) is 14.5. The van der Waals surface area contributed by atoms with Gasteiger partial charge in [-0.3, -0.25) is 9.59 Å². The van der Waals surface area contributed by atoms with E-state index in [1.165, 1.54) is 6.08 Å². The molecular formula is C16H14ClF3N2O2S. The van der Waals surface area contributed by atoms with Gasteiger partial charge < -0.3 is 10.6 Å². The number of thioether (sulfide) groups is 1. The Bertz CT molecular complexity index is 779. The fourth-order valence-electron chi connectivity index (χ4n) is 2.90. The second-order valence-electron chi connectivity index (χ2n) is 5.97. The molecule has 0 amide bonds. The van der Waals surface area contributed by atoms with Crippen LogP contribution >= 0.6 is 23.4 Å². The van der Waals surface area contributed by atoms with E-state index in [-0.39, 0.29) is 33.1 Å². The SMILES string of the molecule is N[C@H]1CCN(c2c(Cl)cc(C(F)(F)F)cc2/C=C2\SC(=O)CC2=O)C1. The van der Waals surface area contributed by atoms with Gasteiger partial charge in [0.15, 0.2) is 5.78 Å². The summed E-state index contributed by atoms with van der Waals surface area (Å²) in [6.45, 7) is 1.02. The molecule has 2 N–H and O–H groups in total. The number of hydrogen-bond acceptors (Lipinski definition) is 5. The van der Waals surface area contributed by atoms with Crippen molar-refractivity contribution in [3.8, 4) is 0 Å². The monoisotopic (exact) mass is 390 g/mol. The highest BCUT2D eigenvalue weighted by Gasteiger charge is 2.34. The van der Waals surface area contributed by atoms with Crippen molar-refractivity contribution >= 4 is 46.0 Å². The zero-order valence-electron chi connectivity index (χ0n) is 12.9. The average molecular weight is 391 g/mol. The molecule has 0 aromatic heterocycles. The number of rotatable bonds is 2. The topological polar surface area (TPSA) is 63.4 Å². The van der Waals surface area contributed by atoms with Crippen molar-refractivity contribution in [2.24, 2.45) is 5.73 Å². The van der Waals surface area contributed by atoms with Gasteiger partial charge in [0, 0.05) is 24.7 Å². The van der Waals surface area contributed by atoms with E-state index in [0.717, 1.165) is 23.9 Å². The molecule has 2 saturated heterocycles. The van der Waals surface area contributed by atoms with Crippen LogP contribution in [-0.4, -0.2) is 30.0 Å². The molecule has 0 radical (unpaired) electrons. The second kappa shape index (κ2) is 6.66. The minimum Gasteiger partial charge on any atom is -0.368 e. The van der Waals surface area contributed by atoms with Crippen LogP contribution in [0.1, 0.15) is 24.0 Å². The van der Waals surface area contributed by atoms with Crippen molar-refractivity contribution in [2.75, 3.05) is 18.0 Å². The predicted molar refractivity (Wildman–Crippen MR) is 91.5 cm³/mol. The zero-order chi connectivity index (χ0) is 18.4. The van der Waals surface area contributed by atoms with Gasteiger partial charge in [-0.05, 0) is 36.4 Å². The van der Waals surface area contributed by atoms with Crippen LogP contribution in [0.15, 0.2) is 17.0 Å². The Hall–Kier alpha value is -1.51. The van der Waals surface area contributed by atoms with E-state index < -0.39 is 17.5 Å². The van der Waals surface area contributed by atoms with E-state index >= 15 is 0 Å². The van der Waals surface area contributed by atoms with Crippen LogP contribution in [0.25, 0.3) is 6.08 Å². The smallest absolute Gasteiger partial charge is 0.368 e. The third kappa shape index (κ3) is 3.86. The van der Waals surface area contributed by atoms with Crippen LogP contribution in [0.3, 0.4) is 0 Å². The summed E-state index contributed by atoms with van der Waals surface area (Å²) in [6, 6.07) is 1.73. The summed E-state index contributed by atoms with van der Waals surface area (Å²) in [5.74, 6) is -0.396. The van der Waals surface area contributed by atoms with Crippen molar-refractivity contribution in [3.63, 3.8) is 0 Å². The van der Waals surface area contributed by atoms with Gasteiger partial charge in [-0.1, -0.05) is 11.6 Å². The number of nitrogens with two attached hydrogens (primary N) is 1. The minimum atomic E-state index is -4.57. The van der Waals surface area contributed by atoms with Crippen LogP contribution < -0.4 is 10.6 Å². The van der Waals surface area contributed by atoms with Gasteiger partial charge in [0.05, 0.1) is 27.6 Å². The Labute approximate surface area is 151 Å². The molecule has 0 spiro atoms. The molecule has 0 aliphatic carbocycles. The van der Waals surface area contributed by atoms with Crippen LogP contribution in [-0.2, 0) is 15.8 Å². The Morgan fingerprint density at radius 3 is 2.56 bits per heavy atom. The van der Waals surface area contributed by atoms with Gasteiger partial charge in [-0.15, -0.1) is 0 Å². The fourth-order valence-corrected chi connectivity index (χ4v) is 4.07. The highest BCUT2D eigenvalue weighted by molar-refractivity contribution is 8.18. The lowest BCUT2D eigenvalue weighted by Crippen LogP contribution is -2.27. The average Bonchev–Trinajstić information content (AvgIpc) is 3.03. The third-order valence-electron chi connectivity index (χ3n) is 4.05. The highest BCUT2D eigenvalue weighted by atomic mass is 35.5. The molecule has 3 rings (SSSR count). The van der Waals surface area contributed by atoms with Crippen LogP contribution in [0.5, 0.6) is 0 Å². The number of alkyl halides is 3. The van der Waals surface area contributed by atoms with Crippen LogP contribution in [0.2, 0.25) is 5.02 Å². The Balaban J connectivity index is 2.12. The number of ketones is 1. The number of carbonyl (C=O) groups excluding carboxylic acids is 2. The first-order valence-electron chi connectivity index (χ1n) is 7.52. The Morgan fingerprint density at radius 1 is 1.32 bits per heavy atom. The maximum atomic E-state index is 13.1. The number of halogens is 4. The maximum Gasteiger partial charge on any atom is 0.416 e. The van der Waals surface area contributed by atoms with Crippen molar-refractivity contribution in [1.29, 1.82) is 0 Å². The second-order valence-corrected chi connectivity index (χ2v) is 7.48. The summed E-state index contributed by atoms with van der Waals surface area (Å²) >= 11 is 6.89. The lowest BCUT2D eigenvalue weighted by Gasteiger charge is -2.23. The molecule has 1 atom stereocenters. The van der Waals surface area contributed by atoms with E-state index in [9.17, 15) is 22.8 Å². The number of carbonyl (C=O) groups is 2.